The van der Waals surface area contributed by atoms with Crippen molar-refractivity contribution in [2.24, 2.45) is 11.7 Å². The second kappa shape index (κ2) is 6.20. The standard InChI is InChI=1S/C16H24N2O/c1-11-5-3-4-6-15(11)12(2)18-16(19)13-7-9-14(17)10-8-13/h3-6,12-14H,7-10,17H2,1-2H3,(H,18,19)/t12-,13?,14?/m0/s1. The van der Waals surface area contributed by atoms with Gasteiger partial charge in [-0.3, -0.25) is 4.79 Å². The second-order valence-electron chi connectivity index (χ2n) is 5.70. The summed E-state index contributed by atoms with van der Waals surface area (Å²) >= 11 is 0. The normalized spacial score (nSPS) is 24.8. The van der Waals surface area contributed by atoms with E-state index < -0.39 is 0 Å². The van der Waals surface area contributed by atoms with Crippen LogP contribution >= 0.6 is 0 Å². The Kier molecular flexibility index (Phi) is 4.59. The second-order valence-corrected chi connectivity index (χ2v) is 5.70. The van der Waals surface area contributed by atoms with Gasteiger partial charge in [-0.05, 0) is 50.7 Å². The van der Waals surface area contributed by atoms with Crippen LogP contribution in [0.3, 0.4) is 0 Å². The fourth-order valence-electron chi connectivity index (χ4n) is 2.86. The van der Waals surface area contributed by atoms with Crippen molar-refractivity contribution in [3.63, 3.8) is 0 Å². The van der Waals surface area contributed by atoms with Crippen LogP contribution in [-0.2, 0) is 4.79 Å². The van der Waals surface area contributed by atoms with Gasteiger partial charge in [-0.15, -0.1) is 0 Å². The molecule has 3 N–H and O–H groups in total. The summed E-state index contributed by atoms with van der Waals surface area (Å²) in [6, 6.07) is 8.57. The van der Waals surface area contributed by atoms with Gasteiger partial charge in [0.25, 0.3) is 0 Å². The first-order chi connectivity index (χ1) is 9.08. The molecular weight excluding hydrogens is 236 g/mol. The van der Waals surface area contributed by atoms with Gasteiger partial charge >= 0.3 is 0 Å². The molecule has 0 aromatic heterocycles. The predicted molar refractivity (Wildman–Crippen MR) is 77.7 cm³/mol. The van der Waals surface area contributed by atoms with E-state index in [4.69, 9.17) is 5.73 Å². The van der Waals surface area contributed by atoms with Gasteiger partial charge in [0.2, 0.25) is 5.91 Å². The van der Waals surface area contributed by atoms with Crippen molar-refractivity contribution in [1.82, 2.24) is 5.32 Å². The lowest BCUT2D eigenvalue weighted by molar-refractivity contribution is -0.126. The molecule has 0 saturated heterocycles. The lowest BCUT2D eigenvalue weighted by Gasteiger charge is -2.27. The first-order valence-electron chi connectivity index (χ1n) is 7.19. The van der Waals surface area contributed by atoms with E-state index in [-0.39, 0.29) is 23.9 Å². The summed E-state index contributed by atoms with van der Waals surface area (Å²) in [7, 11) is 0. The number of carbonyl (C=O) groups excluding carboxylic acids is 1. The van der Waals surface area contributed by atoms with Gasteiger partial charge in [-0.2, -0.15) is 0 Å². The molecule has 1 aliphatic rings. The van der Waals surface area contributed by atoms with Crippen molar-refractivity contribution in [3.8, 4) is 0 Å². The van der Waals surface area contributed by atoms with E-state index in [2.05, 4.69) is 31.3 Å². The summed E-state index contributed by atoms with van der Waals surface area (Å²) in [6.07, 6.45) is 3.79. The zero-order valence-corrected chi connectivity index (χ0v) is 11.9. The fourth-order valence-corrected chi connectivity index (χ4v) is 2.86. The number of amides is 1. The summed E-state index contributed by atoms with van der Waals surface area (Å²) in [4.78, 5) is 12.2. The van der Waals surface area contributed by atoms with Crippen LogP contribution in [0.4, 0.5) is 0 Å². The number of hydrogen-bond acceptors (Lipinski definition) is 2. The maximum absolute atomic E-state index is 12.2. The fraction of sp³-hybridized carbons (Fsp3) is 0.562. The topological polar surface area (TPSA) is 55.1 Å². The van der Waals surface area contributed by atoms with Crippen LogP contribution in [0, 0.1) is 12.8 Å². The minimum atomic E-state index is 0.0734. The summed E-state index contributed by atoms with van der Waals surface area (Å²) < 4.78 is 0. The van der Waals surface area contributed by atoms with Crippen LogP contribution < -0.4 is 11.1 Å². The van der Waals surface area contributed by atoms with Gasteiger partial charge in [-0.1, -0.05) is 24.3 Å². The van der Waals surface area contributed by atoms with Gasteiger partial charge < -0.3 is 11.1 Å². The lowest BCUT2D eigenvalue weighted by atomic mass is 9.85. The molecule has 1 amide bonds. The van der Waals surface area contributed by atoms with E-state index in [1.165, 1.54) is 11.1 Å². The number of nitrogens with one attached hydrogen (secondary N) is 1. The Bertz CT molecular complexity index is 436. The molecule has 0 heterocycles. The SMILES string of the molecule is Cc1ccccc1[C@H](C)NC(=O)C1CCC(N)CC1. The number of aryl methyl sites for hydroxylation is 1. The van der Waals surface area contributed by atoms with E-state index in [1.807, 2.05) is 12.1 Å². The van der Waals surface area contributed by atoms with Gasteiger partial charge in [0, 0.05) is 12.0 Å². The Morgan fingerprint density at radius 3 is 2.53 bits per heavy atom. The molecule has 1 aromatic carbocycles. The molecule has 1 saturated carbocycles. The molecule has 1 aromatic rings. The highest BCUT2D eigenvalue weighted by molar-refractivity contribution is 5.79. The highest BCUT2D eigenvalue weighted by atomic mass is 16.1. The molecule has 0 spiro atoms. The van der Waals surface area contributed by atoms with E-state index in [0.29, 0.717) is 0 Å². The Balaban J connectivity index is 1.94. The predicted octanol–water partition coefficient (Wildman–Crippen LogP) is 2.69. The van der Waals surface area contributed by atoms with Crippen LogP contribution in [0.2, 0.25) is 0 Å². The van der Waals surface area contributed by atoms with Crippen molar-refractivity contribution in [3.05, 3.63) is 35.4 Å². The average molecular weight is 260 g/mol. The molecule has 1 fully saturated rings. The number of rotatable bonds is 3. The molecule has 0 radical (unpaired) electrons. The first-order valence-corrected chi connectivity index (χ1v) is 7.19. The first kappa shape index (κ1) is 14.1. The van der Waals surface area contributed by atoms with E-state index >= 15 is 0 Å². The Labute approximate surface area is 115 Å². The van der Waals surface area contributed by atoms with Crippen LogP contribution in [-0.4, -0.2) is 11.9 Å². The van der Waals surface area contributed by atoms with Gasteiger partial charge in [-0.25, -0.2) is 0 Å². The molecule has 19 heavy (non-hydrogen) atoms. The van der Waals surface area contributed by atoms with Crippen molar-refractivity contribution in [2.75, 3.05) is 0 Å². The quantitative estimate of drug-likeness (QED) is 0.878. The molecular formula is C16H24N2O. The maximum atomic E-state index is 12.2. The highest BCUT2D eigenvalue weighted by Crippen LogP contribution is 2.24. The van der Waals surface area contributed by atoms with E-state index in [9.17, 15) is 4.79 Å². The molecule has 2 rings (SSSR count). The average Bonchev–Trinajstić information content (AvgIpc) is 2.39. The summed E-state index contributed by atoms with van der Waals surface area (Å²) in [5.41, 5.74) is 8.30. The summed E-state index contributed by atoms with van der Waals surface area (Å²) in [5, 5.41) is 3.14. The Hall–Kier alpha value is -1.35. The van der Waals surface area contributed by atoms with Crippen molar-refractivity contribution >= 4 is 5.91 Å². The number of carbonyl (C=O) groups is 1. The molecule has 1 aliphatic carbocycles. The van der Waals surface area contributed by atoms with E-state index in [1.54, 1.807) is 0 Å². The lowest BCUT2D eigenvalue weighted by Crippen LogP contribution is -2.37. The third-order valence-corrected chi connectivity index (χ3v) is 4.16. The molecule has 0 aliphatic heterocycles. The van der Waals surface area contributed by atoms with Gasteiger partial charge in [0.1, 0.15) is 0 Å². The molecule has 3 heteroatoms. The summed E-state index contributed by atoms with van der Waals surface area (Å²) in [6.45, 7) is 4.13. The van der Waals surface area contributed by atoms with Gasteiger partial charge in [0.15, 0.2) is 0 Å². The number of benzene rings is 1. The van der Waals surface area contributed by atoms with Crippen LogP contribution in [0.15, 0.2) is 24.3 Å². The third kappa shape index (κ3) is 3.57. The zero-order valence-electron chi connectivity index (χ0n) is 11.9. The smallest absolute Gasteiger partial charge is 0.223 e. The number of hydrogen-bond donors (Lipinski definition) is 2. The summed E-state index contributed by atoms with van der Waals surface area (Å²) in [5.74, 6) is 0.328. The highest BCUT2D eigenvalue weighted by Gasteiger charge is 2.25. The van der Waals surface area contributed by atoms with E-state index in [0.717, 1.165) is 25.7 Å². The minimum Gasteiger partial charge on any atom is -0.349 e. The van der Waals surface area contributed by atoms with Crippen molar-refractivity contribution in [2.45, 2.75) is 51.6 Å². The Morgan fingerprint density at radius 1 is 1.26 bits per heavy atom. The minimum absolute atomic E-state index is 0.0734. The van der Waals surface area contributed by atoms with Gasteiger partial charge in [0.05, 0.1) is 6.04 Å². The largest absolute Gasteiger partial charge is 0.349 e. The molecule has 0 bridgehead atoms. The van der Waals surface area contributed by atoms with Crippen LogP contribution in [0.5, 0.6) is 0 Å². The van der Waals surface area contributed by atoms with Crippen molar-refractivity contribution in [1.29, 1.82) is 0 Å². The van der Waals surface area contributed by atoms with Crippen LogP contribution in [0.25, 0.3) is 0 Å². The molecule has 0 unspecified atom stereocenters. The monoisotopic (exact) mass is 260 g/mol. The maximum Gasteiger partial charge on any atom is 0.223 e. The van der Waals surface area contributed by atoms with Crippen LogP contribution in [0.1, 0.15) is 49.8 Å². The zero-order chi connectivity index (χ0) is 13.8. The Morgan fingerprint density at radius 2 is 1.89 bits per heavy atom. The molecule has 3 nitrogen and oxygen atoms in total. The number of nitrogens with two attached hydrogens (primary N) is 1. The van der Waals surface area contributed by atoms with Crippen molar-refractivity contribution < 1.29 is 4.79 Å². The third-order valence-electron chi connectivity index (χ3n) is 4.16. The molecule has 104 valence electrons. The molecule has 1 atom stereocenters.